The first-order valence-corrected chi connectivity index (χ1v) is 8.66. The fourth-order valence-corrected chi connectivity index (χ4v) is 3.62. The lowest BCUT2D eigenvalue weighted by Gasteiger charge is -2.30. The zero-order chi connectivity index (χ0) is 16.7. The molecule has 1 fully saturated rings. The van der Waals surface area contributed by atoms with Crippen LogP contribution in [0.2, 0.25) is 5.02 Å². The monoisotopic (exact) mass is 347 g/mol. The third kappa shape index (κ3) is 2.59. The molecule has 1 unspecified atom stereocenters. The minimum atomic E-state index is -1.19. The average Bonchev–Trinajstić information content (AvgIpc) is 2.92. The predicted molar refractivity (Wildman–Crippen MR) is 92.5 cm³/mol. The van der Waals surface area contributed by atoms with Crippen LogP contribution in [0.5, 0.6) is 11.5 Å². The Morgan fingerprint density at radius 1 is 1.08 bits per heavy atom. The molecule has 4 rings (SSSR count). The van der Waals surface area contributed by atoms with Gasteiger partial charge < -0.3 is 14.4 Å². The van der Waals surface area contributed by atoms with Crippen LogP contribution in [0, 0.1) is 5.82 Å². The molecular formula is C19H19ClFNO2. The molecule has 0 bridgehead atoms. The van der Waals surface area contributed by atoms with E-state index in [1.807, 2.05) is 18.2 Å². The van der Waals surface area contributed by atoms with Crippen molar-refractivity contribution in [2.75, 3.05) is 18.0 Å². The molecule has 126 valence electrons. The molecule has 1 saturated heterocycles. The molecule has 3 nitrogen and oxygen atoms in total. The van der Waals surface area contributed by atoms with E-state index >= 15 is 0 Å². The zero-order valence-electron chi connectivity index (χ0n) is 13.5. The predicted octanol–water partition coefficient (Wildman–Crippen LogP) is 5.11. The largest absolute Gasteiger partial charge is 0.444 e. The Hall–Kier alpha value is -1.94. The Balaban J connectivity index is 1.70. The maximum Gasteiger partial charge on any atom is 0.278 e. The van der Waals surface area contributed by atoms with Crippen molar-refractivity contribution in [3.63, 3.8) is 0 Å². The van der Waals surface area contributed by atoms with Gasteiger partial charge >= 0.3 is 0 Å². The molecule has 2 aliphatic rings. The van der Waals surface area contributed by atoms with E-state index < -0.39 is 11.6 Å². The highest BCUT2D eigenvalue weighted by Crippen LogP contribution is 2.50. The van der Waals surface area contributed by atoms with Crippen LogP contribution in [0.4, 0.5) is 10.1 Å². The first-order valence-electron chi connectivity index (χ1n) is 8.28. The molecule has 1 atom stereocenters. The molecule has 0 amide bonds. The first kappa shape index (κ1) is 15.6. The lowest BCUT2D eigenvalue weighted by Crippen LogP contribution is -2.33. The van der Waals surface area contributed by atoms with Gasteiger partial charge in [0.15, 0.2) is 11.5 Å². The molecule has 24 heavy (non-hydrogen) atoms. The zero-order valence-corrected chi connectivity index (χ0v) is 14.3. The SMILES string of the molecule is CC1(c2ccc(Cl)cc2F)Oc2cccc(N3CCCCC3)c2O1. The fraction of sp³-hybridized carbons (Fsp3) is 0.368. The van der Waals surface area contributed by atoms with E-state index in [0.29, 0.717) is 22.1 Å². The summed E-state index contributed by atoms with van der Waals surface area (Å²) in [4.78, 5) is 2.32. The fourth-order valence-electron chi connectivity index (χ4n) is 3.46. The number of hydrogen-bond donors (Lipinski definition) is 0. The molecule has 0 aliphatic carbocycles. The van der Waals surface area contributed by atoms with Crippen molar-refractivity contribution in [3.05, 3.63) is 52.8 Å². The Labute approximate surface area is 145 Å². The maximum atomic E-state index is 14.4. The lowest BCUT2D eigenvalue weighted by molar-refractivity contribution is -0.0705. The average molecular weight is 348 g/mol. The third-order valence-electron chi connectivity index (χ3n) is 4.68. The number of fused-ring (bicyclic) bond motifs is 1. The van der Waals surface area contributed by atoms with Crippen molar-refractivity contribution in [2.24, 2.45) is 0 Å². The van der Waals surface area contributed by atoms with Gasteiger partial charge in [0.2, 0.25) is 0 Å². The molecule has 2 aliphatic heterocycles. The van der Waals surface area contributed by atoms with E-state index in [2.05, 4.69) is 4.90 Å². The van der Waals surface area contributed by atoms with Gasteiger partial charge in [-0.15, -0.1) is 0 Å². The number of rotatable bonds is 2. The first-order chi connectivity index (χ1) is 11.6. The number of hydrogen-bond acceptors (Lipinski definition) is 3. The van der Waals surface area contributed by atoms with Crippen molar-refractivity contribution in [3.8, 4) is 11.5 Å². The summed E-state index contributed by atoms with van der Waals surface area (Å²) in [6, 6.07) is 10.4. The molecule has 5 heteroatoms. The highest BCUT2D eigenvalue weighted by atomic mass is 35.5. The van der Waals surface area contributed by atoms with E-state index in [1.165, 1.54) is 25.3 Å². The Kier molecular flexibility index (Phi) is 3.80. The highest BCUT2D eigenvalue weighted by molar-refractivity contribution is 6.30. The van der Waals surface area contributed by atoms with Gasteiger partial charge in [0, 0.05) is 25.0 Å². The molecule has 0 spiro atoms. The van der Waals surface area contributed by atoms with Crippen LogP contribution < -0.4 is 14.4 Å². The summed E-state index contributed by atoms with van der Waals surface area (Å²) in [7, 11) is 0. The van der Waals surface area contributed by atoms with E-state index in [0.717, 1.165) is 18.8 Å². The van der Waals surface area contributed by atoms with E-state index in [-0.39, 0.29) is 0 Å². The second-order valence-electron chi connectivity index (χ2n) is 6.43. The van der Waals surface area contributed by atoms with Gasteiger partial charge in [-0.3, -0.25) is 0 Å². The number of para-hydroxylation sites is 1. The minimum Gasteiger partial charge on any atom is -0.444 e. The van der Waals surface area contributed by atoms with Gasteiger partial charge in [-0.1, -0.05) is 17.7 Å². The summed E-state index contributed by atoms with van der Waals surface area (Å²) in [5, 5.41) is 0.351. The number of benzene rings is 2. The van der Waals surface area contributed by atoms with Gasteiger partial charge in [-0.2, -0.15) is 0 Å². The molecule has 2 aromatic carbocycles. The topological polar surface area (TPSA) is 21.7 Å². The second-order valence-corrected chi connectivity index (χ2v) is 6.86. The van der Waals surface area contributed by atoms with Crippen LogP contribution in [0.1, 0.15) is 31.7 Å². The van der Waals surface area contributed by atoms with Crippen molar-refractivity contribution in [1.29, 1.82) is 0 Å². The maximum absolute atomic E-state index is 14.4. The van der Waals surface area contributed by atoms with Crippen LogP contribution in [-0.2, 0) is 5.79 Å². The van der Waals surface area contributed by atoms with Crippen molar-refractivity contribution < 1.29 is 13.9 Å². The number of anilines is 1. The van der Waals surface area contributed by atoms with Crippen LogP contribution in [0.3, 0.4) is 0 Å². The molecule has 0 radical (unpaired) electrons. The molecule has 0 N–H and O–H groups in total. The summed E-state index contributed by atoms with van der Waals surface area (Å²) < 4.78 is 26.5. The smallest absolute Gasteiger partial charge is 0.278 e. The van der Waals surface area contributed by atoms with E-state index in [1.54, 1.807) is 19.1 Å². The quantitative estimate of drug-likeness (QED) is 0.753. The summed E-state index contributed by atoms with van der Waals surface area (Å²) in [6.07, 6.45) is 3.61. The van der Waals surface area contributed by atoms with Gasteiger partial charge in [0.05, 0.1) is 11.3 Å². The van der Waals surface area contributed by atoms with Crippen LogP contribution in [0.25, 0.3) is 0 Å². The number of ether oxygens (including phenoxy) is 2. The normalized spacial score (nSPS) is 22.7. The van der Waals surface area contributed by atoms with Crippen molar-refractivity contribution in [1.82, 2.24) is 0 Å². The lowest BCUT2D eigenvalue weighted by atomic mass is 10.1. The molecule has 2 heterocycles. The highest BCUT2D eigenvalue weighted by Gasteiger charge is 2.42. The Bertz CT molecular complexity index is 776. The number of halogens is 2. The summed E-state index contributed by atoms with van der Waals surface area (Å²) in [5.74, 6) is -0.286. The van der Waals surface area contributed by atoms with Gasteiger partial charge in [-0.25, -0.2) is 4.39 Å². The van der Waals surface area contributed by atoms with Crippen LogP contribution in [-0.4, -0.2) is 13.1 Å². The van der Waals surface area contributed by atoms with Crippen LogP contribution in [0.15, 0.2) is 36.4 Å². The molecule has 0 aromatic heterocycles. The van der Waals surface area contributed by atoms with E-state index in [4.69, 9.17) is 21.1 Å². The Morgan fingerprint density at radius 2 is 1.88 bits per heavy atom. The molecule has 0 saturated carbocycles. The second kappa shape index (κ2) is 5.85. The Morgan fingerprint density at radius 3 is 2.62 bits per heavy atom. The van der Waals surface area contributed by atoms with Gasteiger partial charge in [0.25, 0.3) is 5.79 Å². The summed E-state index contributed by atoms with van der Waals surface area (Å²) >= 11 is 5.86. The number of nitrogens with zero attached hydrogens (tertiary/aromatic N) is 1. The van der Waals surface area contributed by atoms with E-state index in [9.17, 15) is 4.39 Å². The molecule has 2 aromatic rings. The van der Waals surface area contributed by atoms with Crippen molar-refractivity contribution in [2.45, 2.75) is 32.0 Å². The minimum absolute atomic E-state index is 0.340. The van der Waals surface area contributed by atoms with Crippen LogP contribution >= 0.6 is 11.6 Å². The van der Waals surface area contributed by atoms with Crippen molar-refractivity contribution >= 4 is 17.3 Å². The third-order valence-corrected chi connectivity index (χ3v) is 4.91. The molecular weight excluding hydrogens is 329 g/mol. The number of piperidine rings is 1. The van der Waals surface area contributed by atoms with Gasteiger partial charge in [0.1, 0.15) is 5.82 Å². The van der Waals surface area contributed by atoms with Gasteiger partial charge in [-0.05, 0) is 49.6 Å². The summed E-state index contributed by atoms with van der Waals surface area (Å²) in [6.45, 7) is 3.75. The standard InChI is InChI=1S/C19H19ClFNO2/c1-19(14-9-8-13(20)12-15(14)21)23-17-7-5-6-16(18(17)24-19)22-10-3-2-4-11-22/h5-9,12H,2-4,10-11H2,1H3. The summed E-state index contributed by atoms with van der Waals surface area (Å²) in [5.41, 5.74) is 1.36.